The number of pyridine rings is 1. The smallest absolute Gasteiger partial charge is 0.343 e. The van der Waals surface area contributed by atoms with Crippen LogP contribution in [0.1, 0.15) is 32.0 Å². The molecular formula is C21H16N4O5. The number of ether oxygens (including phenoxy) is 1. The van der Waals surface area contributed by atoms with Crippen LogP contribution in [0.2, 0.25) is 0 Å². The lowest BCUT2D eigenvalue weighted by Gasteiger charge is -2.07. The number of hydrogen-bond acceptors (Lipinski definition) is 7. The zero-order valence-electron chi connectivity index (χ0n) is 15.8. The van der Waals surface area contributed by atoms with Crippen LogP contribution >= 0.6 is 0 Å². The van der Waals surface area contributed by atoms with Gasteiger partial charge in [-0.2, -0.15) is 5.10 Å². The lowest BCUT2D eigenvalue weighted by atomic mass is 10.2. The molecule has 9 nitrogen and oxygen atoms in total. The lowest BCUT2D eigenvalue weighted by molar-refractivity contribution is -0.384. The van der Waals surface area contributed by atoms with Crippen LogP contribution in [-0.4, -0.2) is 28.0 Å². The number of aromatic nitrogens is 1. The Bertz CT molecular complexity index is 1110. The van der Waals surface area contributed by atoms with E-state index in [0.717, 1.165) is 5.69 Å². The first-order chi connectivity index (χ1) is 14.4. The molecule has 0 aliphatic heterocycles. The number of nitrogens with zero attached hydrogens (tertiary/aromatic N) is 3. The van der Waals surface area contributed by atoms with Crippen molar-refractivity contribution in [3.05, 3.63) is 99.4 Å². The maximum atomic E-state index is 12.3. The second-order valence-corrected chi connectivity index (χ2v) is 6.12. The molecule has 0 radical (unpaired) electrons. The lowest BCUT2D eigenvalue weighted by Crippen LogP contribution is -2.18. The summed E-state index contributed by atoms with van der Waals surface area (Å²) >= 11 is 0. The van der Waals surface area contributed by atoms with E-state index >= 15 is 0 Å². The summed E-state index contributed by atoms with van der Waals surface area (Å²) in [5, 5.41) is 14.9. The van der Waals surface area contributed by atoms with Gasteiger partial charge in [-0.3, -0.25) is 19.9 Å². The zero-order chi connectivity index (χ0) is 21.5. The molecule has 0 fully saturated rings. The highest BCUT2D eigenvalue weighted by Crippen LogP contribution is 2.24. The van der Waals surface area contributed by atoms with Gasteiger partial charge >= 0.3 is 5.97 Å². The number of nitro groups is 1. The molecule has 1 aromatic heterocycles. The van der Waals surface area contributed by atoms with Crippen LogP contribution in [-0.2, 0) is 0 Å². The van der Waals surface area contributed by atoms with Gasteiger partial charge in [-0.1, -0.05) is 18.2 Å². The SMILES string of the molecule is Cc1ccc(C(=O)N/N=C/c2cc([N+](=O)[O-])ccc2OC(=O)c2ccccc2)cn1. The molecule has 1 amide bonds. The Hall–Kier alpha value is -4.40. The first kappa shape index (κ1) is 20.3. The highest BCUT2D eigenvalue weighted by atomic mass is 16.6. The third-order valence-electron chi connectivity index (χ3n) is 3.96. The number of hydrogen-bond donors (Lipinski definition) is 1. The Morgan fingerprint density at radius 3 is 2.53 bits per heavy atom. The van der Waals surface area contributed by atoms with Crippen molar-refractivity contribution >= 4 is 23.8 Å². The molecule has 0 aliphatic carbocycles. The molecule has 9 heteroatoms. The number of hydrazone groups is 1. The van der Waals surface area contributed by atoms with Crippen molar-refractivity contribution in [2.45, 2.75) is 6.92 Å². The summed E-state index contributed by atoms with van der Waals surface area (Å²) in [6.07, 6.45) is 2.57. The first-order valence-corrected chi connectivity index (χ1v) is 8.76. The van der Waals surface area contributed by atoms with Crippen LogP contribution in [0, 0.1) is 17.0 Å². The van der Waals surface area contributed by atoms with E-state index in [1.807, 2.05) is 0 Å². The summed E-state index contributed by atoms with van der Waals surface area (Å²) in [6.45, 7) is 1.79. The molecule has 2 aromatic carbocycles. The van der Waals surface area contributed by atoms with E-state index in [0.29, 0.717) is 11.1 Å². The standard InChI is InChI=1S/C21H16N4O5/c1-14-7-8-16(12-22-14)20(26)24-23-13-17-11-18(25(28)29)9-10-19(17)30-21(27)15-5-3-2-4-6-15/h2-13H,1H3,(H,24,26)/b23-13+. The largest absolute Gasteiger partial charge is 0.422 e. The van der Waals surface area contributed by atoms with Crippen LogP contribution in [0.4, 0.5) is 5.69 Å². The fourth-order valence-corrected chi connectivity index (χ4v) is 2.40. The number of non-ortho nitro benzene ring substituents is 1. The van der Waals surface area contributed by atoms with Crippen molar-refractivity contribution in [1.82, 2.24) is 10.4 Å². The van der Waals surface area contributed by atoms with Crippen LogP contribution in [0.3, 0.4) is 0 Å². The van der Waals surface area contributed by atoms with Gasteiger partial charge in [0.05, 0.1) is 22.3 Å². The number of nitrogens with one attached hydrogen (secondary N) is 1. The minimum Gasteiger partial charge on any atom is -0.422 e. The molecule has 1 heterocycles. The minimum atomic E-state index is -0.631. The third kappa shape index (κ3) is 5.10. The summed E-state index contributed by atoms with van der Waals surface area (Å²) in [6, 6.07) is 15.3. The molecule has 0 atom stereocenters. The quantitative estimate of drug-likeness (QED) is 0.221. The van der Waals surface area contributed by atoms with E-state index in [2.05, 4.69) is 15.5 Å². The Morgan fingerprint density at radius 1 is 1.10 bits per heavy atom. The average molecular weight is 404 g/mol. The summed E-state index contributed by atoms with van der Waals surface area (Å²) in [5.74, 6) is -1.08. The van der Waals surface area contributed by atoms with Gasteiger partial charge in [-0.05, 0) is 37.3 Å². The number of esters is 1. The van der Waals surface area contributed by atoms with E-state index in [4.69, 9.17) is 4.74 Å². The summed E-state index contributed by atoms with van der Waals surface area (Å²) in [4.78, 5) is 38.9. The van der Waals surface area contributed by atoms with Crippen molar-refractivity contribution < 1.29 is 19.2 Å². The Kier molecular flexibility index (Phi) is 6.23. The van der Waals surface area contributed by atoms with Gasteiger partial charge in [0, 0.05) is 29.6 Å². The second kappa shape index (κ2) is 9.20. The van der Waals surface area contributed by atoms with Crippen molar-refractivity contribution in [3.63, 3.8) is 0 Å². The number of aryl methyl sites for hydroxylation is 1. The van der Waals surface area contributed by atoms with Gasteiger partial charge in [-0.25, -0.2) is 10.2 Å². The molecule has 30 heavy (non-hydrogen) atoms. The van der Waals surface area contributed by atoms with E-state index in [1.54, 1.807) is 49.4 Å². The maximum Gasteiger partial charge on any atom is 0.343 e. The Labute approximate surface area is 171 Å². The number of nitro benzene ring substituents is 1. The molecule has 0 aliphatic rings. The number of benzene rings is 2. The number of carbonyl (C=O) groups is 2. The topological polar surface area (TPSA) is 124 Å². The average Bonchev–Trinajstić information content (AvgIpc) is 2.75. The number of rotatable bonds is 6. The maximum absolute atomic E-state index is 12.3. The monoisotopic (exact) mass is 404 g/mol. The number of carbonyl (C=O) groups excluding carboxylic acids is 2. The molecular weight excluding hydrogens is 388 g/mol. The Balaban J connectivity index is 1.80. The van der Waals surface area contributed by atoms with E-state index < -0.39 is 16.8 Å². The van der Waals surface area contributed by atoms with Gasteiger partial charge < -0.3 is 4.74 Å². The van der Waals surface area contributed by atoms with Crippen molar-refractivity contribution in [2.75, 3.05) is 0 Å². The van der Waals surface area contributed by atoms with Crippen LogP contribution < -0.4 is 10.2 Å². The van der Waals surface area contributed by atoms with Crippen molar-refractivity contribution in [3.8, 4) is 5.75 Å². The molecule has 0 bridgehead atoms. The zero-order valence-corrected chi connectivity index (χ0v) is 15.8. The fraction of sp³-hybridized carbons (Fsp3) is 0.0476. The predicted molar refractivity (Wildman–Crippen MR) is 109 cm³/mol. The van der Waals surface area contributed by atoms with Gasteiger partial charge in [0.2, 0.25) is 0 Å². The normalized spacial score (nSPS) is 10.6. The molecule has 3 rings (SSSR count). The van der Waals surface area contributed by atoms with Gasteiger partial charge in [0.25, 0.3) is 11.6 Å². The van der Waals surface area contributed by atoms with Crippen molar-refractivity contribution in [2.24, 2.45) is 5.10 Å². The molecule has 150 valence electrons. The minimum absolute atomic E-state index is 0.0597. The highest BCUT2D eigenvalue weighted by molar-refractivity contribution is 5.96. The predicted octanol–water partition coefficient (Wildman–Crippen LogP) is 3.28. The van der Waals surface area contributed by atoms with Crippen LogP contribution in [0.15, 0.2) is 72.0 Å². The fourth-order valence-electron chi connectivity index (χ4n) is 2.40. The highest BCUT2D eigenvalue weighted by Gasteiger charge is 2.15. The summed E-state index contributed by atoms with van der Waals surface area (Å²) < 4.78 is 5.35. The van der Waals surface area contributed by atoms with Crippen molar-refractivity contribution in [1.29, 1.82) is 0 Å². The number of amides is 1. The summed E-state index contributed by atoms with van der Waals surface area (Å²) in [5.41, 5.74) is 3.62. The third-order valence-corrected chi connectivity index (χ3v) is 3.96. The Morgan fingerprint density at radius 2 is 1.87 bits per heavy atom. The van der Waals surface area contributed by atoms with Crippen LogP contribution in [0.25, 0.3) is 0 Å². The second-order valence-electron chi connectivity index (χ2n) is 6.12. The van der Waals surface area contributed by atoms with Gasteiger partial charge in [0.15, 0.2) is 0 Å². The molecule has 0 saturated carbocycles. The van der Waals surface area contributed by atoms with Gasteiger partial charge in [-0.15, -0.1) is 0 Å². The van der Waals surface area contributed by atoms with Crippen LogP contribution in [0.5, 0.6) is 5.75 Å². The first-order valence-electron chi connectivity index (χ1n) is 8.76. The molecule has 0 unspecified atom stereocenters. The molecule has 3 aromatic rings. The van der Waals surface area contributed by atoms with E-state index in [-0.39, 0.29) is 17.0 Å². The van der Waals surface area contributed by atoms with Gasteiger partial charge in [0.1, 0.15) is 5.75 Å². The molecule has 1 N–H and O–H groups in total. The van der Waals surface area contributed by atoms with E-state index in [1.165, 1.54) is 30.6 Å². The summed E-state index contributed by atoms with van der Waals surface area (Å²) in [7, 11) is 0. The molecule has 0 spiro atoms. The van der Waals surface area contributed by atoms with E-state index in [9.17, 15) is 19.7 Å². The molecule has 0 saturated heterocycles.